The molecule has 6 nitrogen and oxygen atoms in total. The smallest absolute Gasteiger partial charge is 0.159 e. The van der Waals surface area contributed by atoms with Crippen LogP contribution in [0.1, 0.15) is 12.7 Å². The molecule has 0 aliphatic rings. The second kappa shape index (κ2) is 4.74. The van der Waals surface area contributed by atoms with Crippen molar-refractivity contribution in [1.82, 2.24) is 19.7 Å². The monoisotopic (exact) mass is 330 g/mol. The molecule has 2 aromatic rings. The standard InChI is InChI=1S/C9H11IN6/c1-2-7-13-8(15-11)3-9(14-7)16-5-6(10)4-12-16/h3-5H,2,11H2,1H3,(H,13,14,15). The Morgan fingerprint density at radius 3 is 2.88 bits per heavy atom. The van der Waals surface area contributed by atoms with Gasteiger partial charge in [0.2, 0.25) is 0 Å². The summed E-state index contributed by atoms with van der Waals surface area (Å²) in [6.45, 7) is 1.99. The molecule has 0 aliphatic heterocycles. The highest BCUT2D eigenvalue weighted by Crippen LogP contribution is 2.11. The van der Waals surface area contributed by atoms with Gasteiger partial charge in [0.15, 0.2) is 5.82 Å². The van der Waals surface area contributed by atoms with E-state index in [4.69, 9.17) is 5.84 Å². The number of nitrogens with zero attached hydrogens (tertiary/aromatic N) is 4. The summed E-state index contributed by atoms with van der Waals surface area (Å²) in [6.07, 6.45) is 4.41. The van der Waals surface area contributed by atoms with Gasteiger partial charge in [-0.15, -0.1) is 0 Å². The Kier molecular flexibility index (Phi) is 3.34. The normalized spacial score (nSPS) is 10.4. The third-order valence-electron chi connectivity index (χ3n) is 2.01. The van der Waals surface area contributed by atoms with Gasteiger partial charge in [0, 0.05) is 18.7 Å². The number of aryl methyl sites for hydroxylation is 1. The van der Waals surface area contributed by atoms with Crippen LogP contribution < -0.4 is 11.3 Å². The summed E-state index contributed by atoms with van der Waals surface area (Å²) in [5.41, 5.74) is 2.52. The molecule has 0 saturated heterocycles. The largest absolute Gasteiger partial charge is 0.308 e. The third kappa shape index (κ3) is 2.30. The molecule has 0 amide bonds. The molecule has 2 rings (SSSR count). The highest BCUT2D eigenvalue weighted by Gasteiger charge is 2.05. The predicted octanol–water partition coefficient (Wildman–Crippen LogP) is 1.11. The number of rotatable bonds is 3. The molecule has 0 aromatic carbocycles. The Morgan fingerprint density at radius 2 is 2.31 bits per heavy atom. The van der Waals surface area contributed by atoms with E-state index < -0.39 is 0 Å². The summed E-state index contributed by atoms with van der Waals surface area (Å²) < 4.78 is 2.75. The zero-order valence-electron chi connectivity index (χ0n) is 8.68. The Hall–Kier alpha value is -1.22. The first-order chi connectivity index (χ1) is 7.72. The van der Waals surface area contributed by atoms with Crippen molar-refractivity contribution in [2.75, 3.05) is 5.43 Å². The van der Waals surface area contributed by atoms with Gasteiger partial charge in [-0.2, -0.15) is 5.10 Å². The molecule has 7 heteroatoms. The molecule has 0 fully saturated rings. The van der Waals surface area contributed by atoms with Crippen LogP contribution in [0.2, 0.25) is 0 Å². The maximum atomic E-state index is 5.35. The number of aromatic nitrogens is 4. The lowest BCUT2D eigenvalue weighted by atomic mass is 10.4. The summed E-state index contributed by atoms with van der Waals surface area (Å²) in [5.74, 6) is 7.39. The Labute approximate surface area is 106 Å². The van der Waals surface area contributed by atoms with Crippen LogP contribution in [0.15, 0.2) is 18.5 Å². The van der Waals surface area contributed by atoms with Gasteiger partial charge >= 0.3 is 0 Å². The fraction of sp³-hybridized carbons (Fsp3) is 0.222. The van der Waals surface area contributed by atoms with E-state index in [9.17, 15) is 0 Å². The van der Waals surface area contributed by atoms with Gasteiger partial charge in [-0.1, -0.05) is 6.92 Å². The van der Waals surface area contributed by atoms with Gasteiger partial charge in [-0.05, 0) is 22.6 Å². The molecule has 2 aromatic heterocycles. The summed E-state index contributed by atoms with van der Waals surface area (Å²) in [5, 5.41) is 4.19. The first-order valence-electron chi connectivity index (χ1n) is 4.78. The van der Waals surface area contributed by atoms with Crippen molar-refractivity contribution in [3.8, 4) is 5.82 Å². The predicted molar refractivity (Wildman–Crippen MR) is 69.1 cm³/mol. The Morgan fingerprint density at radius 1 is 1.50 bits per heavy atom. The molecule has 16 heavy (non-hydrogen) atoms. The van der Waals surface area contributed by atoms with Gasteiger partial charge in [0.05, 0.1) is 9.77 Å². The number of hydrogen-bond donors (Lipinski definition) is 2. The molecule has 2 heterocycles. The van der Waals surface area contributed by atoms with Crippen LogP contribution in [0.25, 0.3) is 5.82 Å². The molecule has 0 aliphatic carbocycles. The van der Waals surface area contributed by atoms with Crippen LogP contribution >= 0.6 is 22.6 Å². The average Bonchev–Trinajstić information content (AvgIpc) is 2.75. The minimum Gasteiger partial charge on any atom is -0.308 e. The molecule has 0 saturated carbocycles. The second-order valence-corrected chi connectivity index (χ2v) is 4.37. The van der Waals surface area contributed by atoms with E-state index in [1.807, 2.05) is 13.1 Å². The van der Waals surface area contributed by atoms with E-state index in [-0.39, 0.29) is 0 Å². The van der Waals surface area contributed by atoms with Crippen LogP contribution in [-0.2, 0) is 6.42 Å². The summed E-state index contributed by atoms with van der Waals surface area (Å²) >= 11 is 2.20. The molecule has 84 valence electrons. The molecule has 0 bridgehead atoms. The van der Waals surface area contributed by atoms with Crippen LogP contribution in [-0.4, -0.2) is 19.7 Å². The Balaban J connectivity index is 2.47. The van der Waals surface area contributed by atoms with E-state index in [1.54, 1.807) is 16.9 Å². The molecule has 0 atom stereocenters. The minimum atomic E-state index is 0.590. The number of anilines is 1. The quantitative estimate of drug-likeness (QED) is 0.501. The molecule has 0 radical (unpaired) electrons. The van der Waals surface area contributed by atoms with E-state index in [2.05, 4.69) is 43.1 Å². The van der Waals surface area contributed by atoms with Crippen LogP contribution in [0.4, 0.5) is 5.82 Å². The first kappa shape index (κ1) is 11.3. The molecule has 0 spiro atoms. The number of halogens is 1. The van der Waals surface area contributed by atoms with Crippen molar-refractivity contribution in [2.24, 2.45) is 5.84 Å². The first-order valence-corrected chi connectivity index (χ1v) is 5.86. The van der Waals surface area contributed by atoms with Gasteiger partial charge in [0.25, 0.3) is 0 Å². The van der Waals surface area contributed by atoms with Crippen molar-refractivity contribution >= 4 is 28.4 Å². The fourth-order valence-electron chi connectivity index (χ4n) is 1.26. The summed E-state index contributed by atoms with van der Waals surface area (Å²) in [4.78, 5) is 8.59. The van der Waals surface area contributed by atoms with Crippen molar-refractivity contribution in [3.63, 3.8) is 0 Å². The number of nitrogen functional groups attached to an aromatic ring is 1. The molecular weight excluding hydrogens is 319 g/mol. The SMILES string of the molecule is CCc1nc(NN)cc(-n2cc(I)cn2)n1. The summed E-state index contributed by atoms with van der Waals surface area (Å²) in [6, 6.07) is 1.75. The lowest BCUT2D eigenvalue weighted by Crippen LogP contribution is -2.12. The third-order valence-corrected chi connectivity index (χ3v) is 2.57. The zero-order valence-corrected chi connectivity index (χ0v) is 10.8. The fourth-order valence-corrected chi connectivity index (χ4v) is 1.65. The van der Waals surface area contributed by atoms with Crippen molar-refractivity contribution in [3.05, 3.63) is 27.9 Å². The van der Waals surface area contributed by atoms with Crippen LogP contribution in [0.5, 0.6) is 0 Å². The molecule has 3 N–H and O–H groups in total. The van der Waals surface area contributed by atoms with Crippen molar-refractivity contribution < 1.29 is 0 Å². The van der Waals surface area contributed by atoms with Gasteiger partial charge in [-0.3, -0.25) is 0 Å². The lowest BCUT2D eigenvalue weighted by molar-refractivity contribution is 0.813. The zero-order chi connectivity index (χ0) is 11.5. The van der Waals surface area contributed by atoms with E-state index >= 15 is 0 Å². The van der Waals surface area contributed by atoms with Crippen LogP contribution in [0.3, 0.4) is 0 Å². The number of hydrazine groups is 1. The highest BCUT2D eigenvalue weighted by atomic mass is 127. The number of hydrogen-bond acceptors (Lipinski definition) is 5. The lowest BCUT2D eigenvalue weighted by Gasteiger charge is -2.06. The maximum Gasteiger partial charge on any atom is 0.159 e. The van der Waals surface area contributed by atoms with Gasteiger partial charge in [-0.25, -0.2) is 20.5 Å². The highest BCUT2D eigenvalue weighted by molar-refractivity contribution is 14.1. The topological polar surface area (TPSA) is 81.6 Å². The average molecular weight is 330 g/mol. The van der Waals surface area contributed by atoms with E-state index in [0.29, 0.717) is 11.6 Å². The minimum absolute atomic E-state index is 0.590. The van der Waals surface area contributed by atoms with E-state index in [1.165, 1.54) is 0 Å². The number of nitrogens with two attached hydrogens (primary N) is 1. The summed E-state index contributed by atoms with van der Waals surface area (Å²) in [7, 11) is 0. The van der Waals surface area contributed by atoms with Crippen molar-refractivity contribution in [2.45, 2.75) is 13.3 Å². The van der Waals surface area contributed by atoms with Gasteiger partial charge in [0.1, 0.15) is 11.6 Å². The number of nitrogens with one attached hydrogen (secondary N) is 1. The van der Waals surface area contributed by atoms with Gasteiger partial charge < -0.3 is 5.43 Å². The van der Waals surface area contributed by atoms with Crippen molar-refractivity contribution in [1.29, 1.82) is 0 Å². The maximum absolute atomic E-state index is 5.35. The van der Waals surface area contributed by atoms with Crippen LogP contribution in [0, 0.1) is 3.57 Å². The Bertz CT molecular complexity index is 472. The molecule has 0 unspecified atom stereocenters. The van der Waals surface area contributed by atoms with E-state index in [0.717, 1.165) is 15.8 Å². The molecular formula is C9H11IN6. The second-order valence-electron chi connectivity index (χ2n) is 3.13.